The Balaban J connectivity index is 1.94. The highest BCUT2D eigenvalue weighted by Crippen LogP contribution is 2.38. The molecule has 2 atom stereocenters. The highest BCUT2D eigenvalue weighted by molar-refractivity contribution is 9.11. The summed E-state index contributed by atoms with van der Waals surface area (Å²) in [4.78, 5) is 15.1. The van der Waals surface area contributed by atoms with Crippen molar-refractivity contribution in [2.75, 3.05) is 0 Å². The van der Waals surface area contributed by atoms with Crippen molar-refractivity contribution in [3.05, 3.63) is 68.2 Å². The number of para-hydroxylation sites is 1. The van der Waals surface area contributed by atoms with Crippen molar-refractivity contribution in [2.45, 2.75) is 18.5 Å². The summed E-state index contributed by atoms with van der Waals surface area (Å²) in [7, 11) is 0. The molecule has 122 valence electrons. The molecule has 0 spiro atoms. The number of fused-ring (bicyclic) bond motifs is 3. The van der Waals surface area contributed by atoms with Crippen LogP contribution in [-0.2, 0) is 11.2 Å². The van der Waals surface area contributed by atoms with Crippen molar-refractivity contribution in [1.29, 1.82) is 0 Å². The van der Waals surface area contributed by atoms with Gasteiger partial charge in [-0.05, 0) is 35.4 Å². The number of carbonyl (C=O) groups is 1. The van der Waals surface area contributed by atoms with E-state index in [0.29, 0.717) is 6.42 Å². The molecule has 3 aromatic rings. The predicted octanol–water partition coefficient (Wildman–Crippen LogP) is 4.38. The summed E-state index contributed by atoms with van der Waals surface area (Å²) < 4.78 is 1.90. The molecule has 4 rings (SSSR count). The Kier molecular flexibility index (Phi) is 3.98. The van der Waals surface area contributed by atoms with Crippen LogP contribution >= 0.6 is 31.9 Å². The third-order valence-corrected chi connectivity index (χ3v) is 5.69. The SMILES string of the molecule is O=C(O)C1Cc2c([nH]c3ccccc23)C(c2cc(Br)ccc2Br)N1. The van der Waals surface area contributed by atoms with E-state index in [1.54, 1.807) is 0 Å². The van der Waals surface area contributed by atoms with E-state index >= 15 is 0 Å². The number of aliphatic carboxylic acids is 1. The molecule has 4 nitrogen and oxygen atoms in total. The van der Waals surface area contributed by atoms with Gasteiger partial charge >= 0.3 is 5.97 Å². The maximum Gasteiger partial charge on any atom is 0.321 e. The van der Waals surface area contributed by atoms with Gasteiger partial charge in [-0.25, -0.2) is 0 Å². The van der Waals surface area contributed by atoms with E-state index in [1.807, 2.05) is 42.5 Å². The van der Waals surface area contributed by atoms with Gasteiger partial charge in [0.2, 0.25) is 0 Å². The molecule has 0 saturated carbocycles. The first-order valence-corrected chi connectivity index (χ1v) is 9.16. The van der Waals surface area contributed by atoms with Crippen LogP contribution in [0.1, 0.15) is 22.9 Å². The highest BCUT2D eigenvalue weighted by Gasteiger charge is 2.34. The Morgan fingerprint density at radius 2 is 1.96 bits per heavy atom. The minimum atomic E-state index is -0.831. The second kappa shape index (κ2) is 6.02. The molecule has 3 N–H and O–H groups in total. The average Bonchev–Trinajstić information content (AvgIpc) is 2.95. The van der Waals surface area contributed by atoms with Crippen molar-refractivity contribution in [3.63, 3.8) is 0 Å². The van der Waals surface area contributed by atoms with Gasteiger partial charge in [-0.3, -0.25) is 10.1 Å². The predicted molar refractivity (Wildman–Crippen MR) is 100 cm³/mol. The first-order chi connectivity index (χ1) is 11.5. The van der Waals surface area contributed by atoms with Crippen LogP contribution in [0, 0.1) is 0 Å². The van der Waals surface area contributed by atoms with Gasteiger partial charge in [-0.15, -0.1) is 0 Å². The van der Waals surface area contributed by atoms with E-state index in [1.165, 1.54) is 0 Å². The van der Waals surface area contributed by atoms with Gasteiger partial charge in [0.1, 0.15) is 6.04 Å². The van der Waals surface area contributed by atoms with Gasteiger partial charge in [0, 0.05) is 32.0 Å². The zero-order chi connectivity index (χ0) is 16.8. The average molecular weight is 450 g/mol. The Hall–Kier alpha value is -1.63. The molecular formula is C18H14Br2N2O2. The summed E-state index contributed by atoms with van der Waals surface area (Å²) in [5.41, 5.74) is 4.15. The molecule has 0 amide bonds. The fourth-order valence-electron chi connectivity index (χ4n) is 3.37. The molecule has 0 bridgehead atoms. The van der Waals surface area contributed by atoms with Gasteiger partial charge < -0.3 is 10.1 Å². The second-order valence-electron chi connectivity index (χ2n) is 5.92. The van der Waals surface area contributed by atoms with Crippen LogP contribution in [-0.4, -0.2) is 22.1 Å². The lowest BCUT2D eigenvalue weighted by molar-refractivity contribution is -0.139. The summed E-state index contributed by atoms with van der Waals surface area (Å²) in [5, 5.41) is 13.9. The van der Waals surface area contributed by atoms with Crippen molar-refractivity contribution < 1.29 is 9.90 Å². The molecule has 1 aliphatic rings. The Bertz CT molecular complexity index is 951. The maximum absolute atomic E-state index is 11.7. The van der Waals surface area contributed by atoms with E-state index in [4.69, 9.17) is 0 Å². The van der Waals surface area contributed by atoms with E-state index in [9.17, 15) is 9.90 Å². The number of H-pyrrole nitrogens is 1. The van der Waals surface area contributed by atoms with Crippen LogP contribution in [0.5, 0.6) is 0 Å². The molecule has 0 radical (unpaired) electrons. The molecule has 2 unspecified atom stereocenters. The van der Waals surface area contributed by atoms with Gasteiger partial charge in [0.25, 0.3) is 0 Å². The fraction of sp³-hybridized carbons (Fsp3) is 0.167. The van der Waals surface area contributed by atoms with Crippen LogP contribution in [0.15, 0.2) is 51.4 Å². The highest BCUT2D eigenvalue weighted by atomic mass is 79.9. The van der Waals surface area contributed by atoms with Crippen molar-refractivity contribution in [1.82, 2.24) is 10.3 Å². The normalized spacial score (nSPS) is 20.1. The molecule has 0 aliphatic carbocycles. The summed E-state index contributed by atoms with van der Waals surface area (Å²) >= 11 is 7.10. The number of nitrogens with one attached hydrogen (secondary N) is 2. The smallest absolute Gasteiger partial charge is 0.321 e. The monoisotopic (exact) mass is 448 g/mol. The Labute approximate surface area is 155 Å². The van der Waals surface area contributed by atoms with E-state index in [-0.39, 0.29) is 6.04 Å². The number of hydrogen-bond donors (Lipinski definition) is 3. The van der Waals surface area contributed by atoms with Crippen LogP contribution in [0.25, 0.3) is 10.9 Å². The van der Waals surface area contributed by atoms with Crippen LogP contribution in [0.2, 0.25) is 0 Å². The number of halogens is 2. The van der Waals surface area contributed by atoms with Crippen LogP contribution in [0.4, 0.5) is 0 Å². The molecule has 6 heteroatoms. The largest absolute Gasteiger partial charge is 0.480 e. The molecule has 0 fully saturated rings. The Morgan fingerprint density at radius 1 is 1.17 bits per heavy atom. The fourth-order valence-corrected chi connectivity index (χ4v) is 4.23. The standard InChI is InChI=1S/C18H14Br2N2O2/c19-9-5-6-13(20)12(7-9)17-16-11(8-15(22-17)18(23)24)10-3-1-2-4-14(10)21-16/h1-7,15,17,21-22H,8H2,(H,23,24). The van der Waals surface area contributed by atoms with Gasteiger partial charge in [-0.1, -0.05) is 50.1 Å². The van der Waals surface area contributed by atoms with E-state index < -0.39 is 12.0 Å². The molecule has 1 aliphatic heterocycles. The summed E-state index contributed by atoms with van der Waals surface area (Å²) in [6, 6.07) is 13.1. The van der Waals surface area contributed by atoms with Crippen molar-refractivity contribution >= 4 is 48.7 Å². The van der Waals surface area contributed by atoms with Crippen LogP contribution in [0.3, 0.4) is 0 Å². The molecule has 0 saturated heterocycles. The summed E-state index contributed by atoms with van der Waals surface area (Å²) in [5.74, 6) is -0.831. The zero-order valence-corrected chi connectivity index (χ0v) is 15.7. The molecule has 24 heavy (non-hydrogen) atoms. The van der Waals surface area contributed by atoms with E-state index in [2.05, 4.69) is 42.2 Å². The van der Waals surface area contributed by atoms with Crippen LogP contribution < -0.4 is 5.32 Å². The molecular weight excluding hydrogens is 436 g/mol. The number of aromatic nitrogens is 1. The maximum atomic E-state index is 11.7. The van der Waals surface area contributed by atoms with E-state index in [0.717, 1.165) is 36.7 Å². The first-order valence-electron chi connectivity index (χ1n) is 7.58. The second-order valence-corrected chi connectivity index (χ2v) is 7.69. The van der Waals surface area contributed by atoms with Crippen molar-refractivity contribution in [2.24, 2.45) is 0 Å². The van der Waals surface area contributed by atoms with Gasteiger partial charge in [0.15, 0.2) is 0 Å². The first kappa shape index (κ1) is 15.9. The third-order valence-electron chi connectivity index (χ3n) is 4.48. The van der Waals surface area contributed by atoms with Gasteiger partial charge in [-0.2, -0.15) is 0 Å². The quantitative estimate of drug-likeness (QED) is 0.543. The molecule has 2 aromatic carbocycles. The minimum absolute atomic E-state index is 0.214. The third kappa shape index (κ3) is 2.59. The van der Waals surface area contributed by atoms with Crippen molar-refractivity contribution in [3.8, 4) is 0 Å². The number of benzene rings is 2. The topological polar surface area (TPSA) is 65.1 Å². The zero-order valence-electron chi connectivity index (χ0n) is 12.5. The molecule has 1 aromatic heterocycles. The lowest BCUT2D eigenvalue weighted by Gasteiger charge is -2.30. The lowest BCUT2D eigenvalue weighted by atomic mass is 9.90. The number of carboxylic acid groups (broad SMARTS) is 1. The number of rotatable bonds is 2. The number of aromatic amines is 1. The minimum Gasteiger partial charge on any atom is -0.480 e. The lowest BCUT2D eigenvalue weighted by Crippen LogP contribution is -2.45. The summed E-state index contributed by atoms with van der Waals surface area (Å²) in [6.07, 6.45) is 0.469. The van der Waals surface area contributed by atoms with Gasteiger partial charge in [0.05, 0.1) is 6.04 Å². The Morgan fingerprint density at radius 3 is 2.75 bits per heavy atom. The molecule has 2 heterocycles. The number of carboxylic acids is 1. The number of hydrogen-bond acceptors (Lipinski definition) is 2. The summed E-state index contributed by atoms with van der Waals surface area (Å²) in [6.45, 7) is 0.